The van der Waals surface area contributed by atoms with E-state index < -0.39 is 0 Å². The van der Waals surface area contributed by atoms with Crippen molar-refractivity contribution >= 4 is 15.9 Å². The molecule has 1 rings (SSSR count). The predicted octanol–water partition coefficient (Wildman–Crippen LogP) is 3.44. The zero-order valence-electron chi connectivity index (χ0n) is 8.25. The molecule has 0 fully saturated rings. The lowest BCUT2D eigenvalue weighted by molar-refractivity contribution is 0.250. The summed E-state index contributed by atoms with van der Waals surface area (Å²) in [7, 11) is 0. The van der Waals surface area contributed by atoms with Crippen LogP contribution < -0.4 is 4.74 Å². The zero-order chi connectivity index (χ0) is 10.6. The van der Waals surface area contributed by atoms with Gasteiger partial charge in [-0.3, -0.25) is 0 Å². The van der Waals surface area contributed by atoms with Crippen molar-refractivity contribution in [1.82, 2.24) is 0 Å². The molecule has 0 saturated carbocycles. The van der Waals surface area contributed by atoms with Gasteiger partial charge in [-0.2, -0.15) is 5.26 Å². The van der Waals surface area contributed by atoms with Gasteiger partial charge in [-0.25, -0.2) is 0 Å². The zero-order valence-corrected chi connectivity index (χ0v) is 9.84. The first-order chi connectivity index (χ1) is 6.67. The van der Waals surface area contributed by atoms with Gasteiger partial charge in [-0.15, -0.1) is 0 Å². The molecule has 1 unspecified atom stereocenters. The molecule has 0 aliphatic rings. The Morgan fingerprint density at radius 3 is 2.79 bits per heavy atom. The van der Waals surface area contributed by atoms with Crippen LogP contribution in [0.2, 0.25) is 0 Å². The molecule has 14 heavy (non-hydrogen) atoms. The first kappa shape index (κ1) is 11.1. The molecule has 0 amide bonds. The number of halogens is 1. The van der Waals surface area contributed by atoms with Gasteiger partial charge in [0.05, 0.1) is 0 Å². The number of benzene rings is 1. The van der Waals surface area contributed by atoms with Crippen LogP contribution in [0, 0.1) is 18.3 Å². The molecule has 0 aliphatic heterocycles. The Morgan fingerprint density at radius 1 is 1.57 bits per heavy atom. The third kappa shape index (κ3) is 2.74. The average Bonchev–Trinajstić information content (AvgIpc) is 2.17. The molecule has 3 heteroatoms. The van der Waals surface area contributed by atoms with Crippen LogP contribution in [0.4, 0.5) is 0 Å². The van der Waals surface area contributed by atoms with Gasteiger partial charge in [0.15, 0.2) is 6.10 Å². The van der Waals surface area contributed by atoms with Crippen molar-refractivity contribution in [3.63, 3.8) is 0 Å². The number of ether oxygens (including phenoxy) is 1. The Balaban J connectivity index is 2.82. The summed E-state index contributed by atoms with van der Waals surface area (Å²) < 4.78 is 6.54. The number of nitriles is 1. The van der Waals surface area contributed by atoms with Crippen LogP contribution in [0.1, 0.15) is 18.9 Å². The Morgan fingerprint density at radius 2 is 2.29 bits per heavy atom. The Labute approximate surface area is 92.6 Å². The van der Waals surface area contributed by atoms with E-state index in [0.29, 0.717) is 6.42 Å². The van der Waals surface area contributed by atoms with Crippen molar-refractivity contribution in [3.05, 3.63) is 28.2 Å². The third-order valence-electron chi connectivity index (χ3n) is 1.92. The van der Waals surface area contributed by atoms with Gasteiger partial charge >= 0.3 is 0 Å². The summed E-state index contributed by atoms with van der Waals surface area (Å²) in [6, 6.07) is 7.86. The molecule has 0 aliphatic carbocycles. The topological polar surface area (TPSA) is 33.0 Å². The third-order valence-corrected chi connectivity index (χ3v) is 2.41. The maximum Gasteiger partial charge on any atom is 0.184 e. The number of hydrogen-bond acceptors (Lipinski definition) is 2. The van der Waals surface area contributed by atoms with Crippen LogP contribution in [-0.2, 0) is 0 Å². The van der Waals surface area contributed by atoms with Gasteiger partial charge in [0, 0.05) is 4.47 Å². The normalized spacial score (nSPS) is 11.9. The molecule has 1 atom stereocenters. The van der Waals surface area contributed by atoms with Crippen molar-refractivity contribution in [1.29, 1.82) is 5.26 Å². The summed E-state index contributed by atoms with van der Waals surface area (Å²) >= 11 is 3.38. The summed E-state index contributed by atoms with van der Waals surface area (Å²) in [4.78, 5) is 0. The Hall–Kier alpha value is -1.01. The molecule has 0 aromatic heterocycles. The fourth-order valence-electron chi connectivity index (χ4n) is 1.10. The minimum Gasteiger partial charge on any atom is -0.475 e. The van der Waals surface area contributed by atoms with Crippen LogP contribution in [0.25, 0.3) is 0 Å². The standard InChI is InChI=1S/C11H12BrNO/c1-3-10(7-13)14-11-5-4-9(12)6-8(11)2/h4-6,10H,3H2,1-2H3. The fourth-order valence-corrected chi connectivity index (χ4v) is 1.57. The molecule has 0 radical (unpaired) electrons. The van der Waals surface area contributed by atoms with E-state index in [1.54, 1.807) is 0 Å². The second-order valence-electron chi connectivity index (χ2n) is 3.05. The van der Waals surface area contributed by atoms with Gasteiger partial charge in [0.2, 0.25) is 0 Å². The van der Waals surface area contributed by atoms with Gasteiger partial charge in [0.1, 0.15) is 11.8 Å². The highest BCUT2D eigenvalue weighted by Crippen LogP contribution is 2.23. The van der Waals surface area contributed by atoms with E-state index in [1.807, 2.05) is 32.0 Å². The summed E-state index contributed by atoms with van der Waals surface area (Å²) in [6.45, 7) is 3.90. The Bertz CT molecular complexity index is 357. The first-order valence-electron chi connectivity index (χ1n) is 4.49. The van der Waals surface area contributed by atoms with Crippen molar-refractivity contribution < 1.29 is 4.74 Å². The fraction of sp³-hybridized carbons (Fsp3) is 0.364. The highest BCUT2D eigenvalue weighted by molar-refractivity contribution is 9.10. The van der Waals surface area contributed by atoms with E-state index in [-0.39, 0.29) is 6.10 Å². The van der Waals surface area contributed by atoms with E-state index >= 15 is 0 Å². The first-order valence-corrected chi connectivity index (χ1v) is 5.29. The van der Waals surface area contributed by atoms with Gasteiger partial charge in [-0.05, 0) is 37.1 Å². The van der Waals surface area contributed by atoms with Crippen LogP contribution in [-0.4, -0.2) is 6.10 Å². The second-order valence-corrected chi connectivity index (χ2v) is 3.97. The van der Waals surface area contributed by atoms with Crippen LogP contribution in [0.5, 0.6) is 5.75 Å². The lowest BCUT2D eigenvalue weighted by Gasteiger charge is -2.12. The smallest absolute Gasteiger partial charge is 0.184 e. The lowest BCUT2D eigenvalue weighted by Crippen LogP contribution is -2.12. The number of nitrogens with zero attached hydrogens (tertiary/aromatic N) is 1. The predicted molar refractivity (Wildman–Crippen MR) is 59.2 cm³/mol. The monoisotopic (exact) mass is 253 g/mol. The lowest BCUT2D eigenvalue weighted by atomic mass is 10.2. The molecular formula is C11H12BrNO. The maximum atomic E-state index is 8.75. The summed E-state index contributed by atoms with van der Waals surface area (Å²) in [5.74, 6) is 0.779. The summed E-state index contributed by atoms with van der Waals surface area (Å²) in [5, 5.41) is 8.75. The maximum absolute atomic E-state index is 8.75. The number of rotatable bonds is 3. The number of aryl methyl sites for hydroxylation is 1. The van der Waals surface area contributed by atoms with Crippen molar-refractivity contribution in [2.45, 2.75) is 26.4 Å². The Kier molecular flexibility index (Phi) is 3.97. The van der Waals surface area contributed by atoms with Crippen LogP contribution >= 0.6 is 15.9 Å². The van der Waals surface area contributed by atoms with E-state index in [9.17, 15) is 0 Å². The minimum absolute atomic E-state index is 0.352. The van der Waals surface area contributed by atoms with Crippen molar-refractivity contribution in [2.24, 2.45) is 0 Å². The van der Waals surface area contributed by atoms with Crippen LogP contribution in [0.3, 0.4) is 0 Å². The number of hydrogen-bond donors (Lipinski definition) is 0. The van der Waals surface area contributed by atoms with Crippen LogP contribution in [0.15, 0.2) is 22.7 Å². The molecule has 74 valence electrons. The molecule has 0 saturated heterocycles. The quantitative estimate of drug-likeness (QED) is 0.827. The van der Waals surface area contributed by atoms with Gasteiger partial charge in [0.25, 0.3) is 0 Å². The van der Waals surface area contributed by atoms with Gasteiger partial charge in [-0.1, -0.05) is 22.9 Å². The van der Waals surface area contributed by atoms with E-state index in [0.717, 1.165) is 15.8 Å². The van der Waals surface area contributed by atoms with E-state index in [1.165, 1.54) is 0 Å². The van der Waals surface area contributed by atoms with E-state index in [4.69, 9.17) is 10.00 Å². The SMILES string of the molecule is CCC(C#N)Oc1ccc(Br)cc1C. The summed E-state index contributed by atoms with van der Waals surface area (Å²) in [6.07, 6.45) is 0.348. The van der Waals surface area contributed by atoms with Gasteiger partial charge < -0.3 is 4.74 Å². The summed E-state index contributed by atoms with van der Waals surface area (Å²) in [5.41, 5.74) is 1.04. The minimum atomic E-state index is -0.352. The van der Waals surface area contributed by atoms with Crippen molar-refractivity contribution in [2.75, 3.05) is 0 Å². The molecule has 1 aromatic carbocycles. The molecule has 1 aromatic rings. The largest absolute Gasteiger partial charge is 0.475 e. The molecule has 0 spiro atoms. The highest BCUT2D eigenvalue weighted by Gasteiger charge is 2.07. The average molecular weight is 254 g/mol. The highest BCUT2D eigenvalue weighted by atomic mass is 79.9. The molecular weight excluding hydrogens is 242 g/mol. The molecule has 0 heterocycles. The van der Waals surface area contributed by atoms with Crippen molar-refractivity contribution in [3.8, 4) is 11.8 Å². The molecule has 0 bridgehead atoms. The second kappa shape index (κ2) is 5.02. The van der Waals surface area contributed by atoms with E-state index in [2.05, 4.69) is 22.0 Å². The molecule has 2 nitrogen and oxygen atoms in total. The molecule has 0 N–H and O–H groups in total.